The molecule has 6 nitrogen and oxygen atoms in total. The van der Waals surface area contributed by atoms with Crippen molar-refractivity contribution < 1.29 is 0 Å². The van der Waals surface area contributed by atoms with Gasteiger partial charge in [0.1, 0.15) is 0 Å². The summed E-state index contributed by atoms with van der Waals surface area (Å²) in [6, 6.07) is 34.4. The predicted molar refractivity (Wildman–Crippen MR) is 134 cm³/mol. The van der Waals surface area contributed by atoms with Gasteiger partial charge >= 0.3 is 0 Å². The molecule has 1 atom stereocenters. The summed E-state index contributed by atoms with van der Waals surface area (Å²) in [5, 5.41) is 19.4. The number of rotatable bonds is 6. The Morgan fingerprint density at radius 1 is 0.735 bits per heavy atom. The number of aromatic nitrogens is 2. The first kappa shape index (κ1) is 21.7. The number of hydrogen-bond donors (Lipinski definition) is 1. The molecule has 3 aromatic carbocycles. The summed E-state index contributed by atoms with van der Waals surface area (Å²) < 4.78 is 0. The first-order chi connectivity index (χ1) is 16.7. The Balaban J connectivity index is 1.63. The number of benzene rings is 3. The number of nitrogens with zero attached hydrogens (tertiary/aromatic N) is 5. The van der Waals surface area contributed by atoms with E-state index >= 15 is 0 Å². The van der Waals surface area contributed by atoms with Crippen LogP contribution in [0.25, 0.3) is 0 Å². The van der Waals surface area contributed by atoms with Crippen molar-refractivity contribution in [2.24, 2.45) is 15.3 Å². The fourth-order valence-electron chi connectivity index (χ4n) is 4.15. The molecule has 0 aliphatic carbocycles. The fourth-order valence-corrected chi connectivity index (χ4v) is 4.29. The van der Waals surface area contributed by atoms with Gasteiger partial charge in [-0.2, -0.15) is 10.2 Å². The summed E-state index contributed by atoms with van der Waals surface area (Å²) in [5.41, 5.74) is 6.35. The standard InChI is InChI=1S/C27H21ClN6/c28-26(34-32-25-17-10-20-29-31-25)19-18-24(30-33-26)27(21-11-4-1-5-12-21,22-13-6-2-7-14-22)23-15-8-3-9-16-23/h1-20,33H. The van der Waals surface area contributed by atoms with Crippen LogP contribution in [0, 0.1) is 0 Å². The highest BCUT2D eigenvalue weighted by atomic mass is 35.5. The number of halogens is 1. The van der Waals surface area contributed by atoms with Crippen molar-refractivity contribution in [2.75, 3.05) is 0 Å². The first-order valence-corrected chi connectivity index (χ1v) is 11.2. The number of nitrogens with one attached hydrogen (secondary N) is 1. The average molecular weight is 465 g/mol. The fraction of sp³-hybridized carbons (Fsp3) is 0.0741. The third-order valence-corrected chi connectivity index (χ3v) is 5.94. The van der Waals surface area contributed by atoms with E-state index in [1.807, 2.05) is 60.7 Å². The van der Waals surface area contributed by atoms with Gasteiger partial charge in [-0.15, -0.1) is 15.3 Å². The second kappa shape index (κ2) is 9.37. The SMILES string of the molecule is ClC1(N=Nc2cccnn2)C=CC(C(c2ccccc2)(c2ccccc2)c2ccccc2)=NN1. The molecule has 166 valence electrons. The zero-order valence-electron chi connectivity index (χ0n) is 18.2. The molecule has 7 heteroatoms. The number of hydrogen-bond acceptors (Lipinski definition) is 6. The van der Waals surface area contributed by atoms with Gasteiger partial charge < -0.3 is 0 Å². The van der Waals surface area contributed by atoms with E-state index in [0.29, 0.717) is 5.82 Å². The van der Waals surface area contributed by atoms with Gasteiger partial charge in [0, 0.05) is 6.20 Å². The van der Waals surface area contributed by atoms with E-state index in [1.165, 1.54) is 0 Å². The van der Waals surface area contributed by atoms with E-state index in [1.54, 1.807) is 24.4 Å². The molecular formula is C27H21ClN6. The minimum absolute atomic E-state index is 0.361. The number of allylic oxidation sites excluding steroid dienone is 1. The van der Waals surface area contributed by atoms with Crippen LogP contribution in [0.1, 0.15) is 16.7 Å². The zero-order chi connectivity index (χ0) is 23.3. The maximum absolute atomic E-state index is 6.66. The van der Waals surface area contributed by atoms with Gasteiger partial charge in [-0.05, 0) is 41.0 Å². The van der Waals surface area contributed by atoms with E-state index in [-0.39, 0.29) is 0 Å². The molecular weight excluding hydrogens is 444 g/mol. The zero-order valence-corrected chi connectivity index (χ0v) is 18.9. The molecule has 0 bridgehead atoms. The quantitative estimate of drug-likeness (QED) is 0.164. The van der Waals surface area contributed by atoms with Gasteiger partial charge in [0.15, 0.2) is 5.82 Å². The van der Waals surface area contributed by atoms with E-state index in [2.05, 4.69) is 62.2 Å². The van der Waals surface area contributed by atoms with Crippen molar-refractivity contribution in [3.63, 3.8) is 0 Å². The molecule has 2 heterocycles. The van der Waals surface area contributed by atoms with Crippen molar-refractivity contribution in [1.29, 1.82) is 0 Å². The molecule has 1 aromatic heterocycles. The predicted octanol–water partition coefficient (Wildman–Crippen LogP) is 6.00. The van der Waals surface area contributed by atoms with Crippen LogP contribution in [0.5, 0.6) is 0 Å². The minimum atomic E-state index is -1.34. The Morgan fingerprint density at radius 2 is 1.29 bits per heavy atom. The molecule has 1 aliphatic heterocycles. The number of alkyl halides is 1. The number of hydrazone groups is 1. The molecule has 0 saturated carbocycles. The maximum atomic E-state index is 6.66. The van der Waals surface area contributed by atoms with Crippen molar-refractivity contribution in [3.05, 3.63) is 138 Å². The lowest BCUT2D eigenvalue weighted by molar-refractivity contribution is 0.549. The van der Waals surface area contributed by atoms with Crippen molar-refractivity contribution in [1.82, 2.24) is 15.6 Å². The molecule has 1 unspecified atom stereocenters. The van der Waals surface area contributed by atoms with Crippen LogP contribution in [0.2, 0.25) is 0 Å². The van der Waals surface area contributed by atoms with Crippen LogP contribution in [0.4, 0.5) is 5.82 Å². The summed E-state index contributed by atoms with van der Waals surface area (Å²) in [4.78, 5) is 0. The molecule has 0 fully saturated rings. The highest BCUT2D eigenvalue weighted by Gasteiger charge is 2.42. The van der Waals surface area contributed by atoms with Crippen LogP contribution in [0.15, 0.2) is 137 Å². The molecule has 1 aliphatic rings. The second-order valence-electron chi connectivity index (χ2n) is 7.75. The van der Waals surface area contributed by atoms with E-state index in [9.17, 15) is 0 Å². The monoisotopic (exact) mass is 464 g/mol. The van der Waals surface area contributed by atoms with Crippen molar-refractivity contribution >= 4 is 23.1 Å². The van der Waals surface area contributed by atoms with Crippen molar-refractivity contribution in [3.8, 4) is 0 Å². The highest BCUT2D eigenvalue weighted by Crippen LogP contribution is 2.42. The Bertz CT molecular complexity index is 1230. The summed E-state index contributed by atoms with van der Waals surface area (Å²) in [6.45, 7) is 0. The van der Waals surface area contributed by atoms with Gasteiger partial charge in [-0.3, -0.25) is 5.43 Å². The Hall–Kier alpha value is -4.16. The summed E-state index contributed by atoms with van der Waals surface area (Å²) >= 11 is 6.66. The lowest BCUT2D eigenvalue weighted by atomic mass is 9.66. The van der Waals surface area contributed by atoms with Crippen LogP contribution < -0.4 is 5.43 Å². The smallest absolute Gasteiger partial charge is 0.259 e. The van der Waals surface area contributed by atoms with Crippen LogP contribution in [0.3, 0.4) is 0 Å². The van der Waals surface area contributed by atoms with E-state index in [4.69, 9.17) is 16.7 Å². The largest absolute Gasteiger partial charge is 0.265 e. The number of azo groups is 1. The summed E-state index contributed by atoms with van der Waals surface area (Å²) in [5.74, 6) is 0.361. The molecule has 0 amide bonds. The maximum Gasteiger partial charge on any atom is 0.259 e. The van der Waals surface area contributed by atoms with Gasteiger partial charge in [-0.25, -0.2) is 0 Å². The molecule has 5 rings (SSSR count). The summed E-state index contributed by atoms with van der Waals surface area (Å²) in [7, 11) is 0. The molecule has 0 spiro atoms. The van der Waals surface area contributed by atoms with Crippen molar-refractivity contribution in [2.45, 2.75) is 10.5 Å². The molecule has 0 saturated heterocycles. The lowest BCUT2D eigenvalue weighted by Crippen LogP contribution is -2.44. The van der Waals surface area contributed by atoms with Crippen LogP contribution in [-0.4, -0.2) is 21.0 Å². The second-order valence-corrected chi connectivity index (χ2v) is 8.32. The normalized spacial score (nSPS) is 17.9. The third-order valence-electron chi connectivity index (χ3n) is 5.66. The Labute approximate surface area is 202 Å². The van der Waals surface area contributed by atoms with Gasteiger partial charge in [0.2, 0.25) is 0 Å². The lowest BCUT2D eigenvalue weighted by Gasteiger charge is -2.38. The van der Waals surface area contributed by atoms with Gasteiger partial charge in [-0.1, -0.05) is 103 Å². The molecule has 34 heavy (non-hydrogen) atoms. The van der Waals surface area contributed by atoms with Gasteiger partial charge in [0.05, 0.1) is 11.1 Å². The van der Waals surface area contributed by atoms with Crippen LogP contribution in [-0.2, 0) is 5.41 Å². The Kier molecular flexibility index (Phi) is 5.97. The molecule has 0 radical (unpaired) electrons. The van der Waals surface area contributed by atoms with E-state index < -0.39 is 10.5 Å². The van der Waals surface area contributed by atoms with E-state index in [0.717, 1.165) is 22.4 Å². The molecule has 4 aromatic rings. The topological polar surface area (TPSA) is 74.9 Å². The third kappa shape index (κ3) is 4.11. The van der Waals surface area contributed by atoms with Crippen LogP contribution >= 0.6 is 11.6 Å². The summed E-state index contributed by atoms with van der Waals surface area (Å²) in [6.07, 6.45) is 5.23. The average Bonchev–Trinajstić information content (AvgIpc) is 2.92. The van der Waals surface area contributed by atoms with Gasteiger partial charge in [0.25, 0.3) is 5.12 Å². The first-order valence-electron chi connectivity index (χ1n) is 10.8. The Morgan fingerprint density at radius 3 is 1.74 bits per heavy atom. The molecule has 1 N–H and O–H groups in total. The highest BCUT2D eigenvalue weighted by molar-refractivity contribution is 6.25. The minimum Gasteiger partial charge on any atom is -0.265 e.